The number of ether oxygens (including phenoxy) is 1. The summed E-state index contributed by atoms with van der Waals surface area (Å²) in [6, 6.07) is 14.3. The monoisotopic (exact) mass is 355 g/mol. The Labute approximate surface area is 154 Å². The van der Waals surface area contributed by atoms with Crippen molar-refractivity contribution in [2.75, 3.05) is 31.3 Å². The molecule has 2 aromatic rings. The Balaban J connectivity index is 1.92. The minimum atomic E-state index is -0.184. The number of anilines is 2. The van der Waals surface area contributed by atoms with E-state index >= 15 is 0 Å². The highest BCUT2D eigenvalue weighted by atomic mass is 16.5. The summed E-state index contributed by atoms with van der Waals surface area (Å²) < 4.78 is 5.72. The lowest BCUT2D eigenvalue weighted by Gasteiger charge is -2.15. The predicted octanol–water partition coefficient (Wildman–Crippen LogP) is 3.23. The largest absolute Gasteiger partial charge is 0.489 e. The zero-order valence-electron chi connectivity index (χ0n) is 15.6. The minimum Gasteiger partial charge on any atom is -0.489 e. The van der Waals surface area contributed by atoms with Crippen LogP contribution in [0, 0.1) is 0 Å². The summed E-state index contributed by atoms with van der Waals surface area (Å²) in [6.45, 7) is 4.01. The van der Waals surface area contributed by atoms with Gasteiger partial charge in [0.2, 0.25) is 5.91 Å². The average Bonchev–Trinajstić information content (AvgIpc) is 2.60. The van der Waals surface area contributed by atoms with E-state index < -0.39 is 0 Å². The minimum absolute atomic E-state index is 0.0511. The first-order valence-corrected chi connectivity index (χ1v) is 8.48. The standard InChI is InChI=1S/C20H25N3O3/c1-14(2)26-18-8-6-5-7-17(18)21-13-19(24)22-16-11-9-15(10-12-16)20(25)23(3)4/h5-12,14,21H,13H2,1-4H3,(H,22,24). The van der Waals surface area contributed by atoms with Crippen LogP contribution in [-0.2, 0) is 4.79 Å². The van der Waals surface area contributed by atoms with Crippen LogP contribution >= 0.6 is 0 Å². The first-order chi connectivity index (χ1) is 12.4. The zero-order valence-corrected chi connectivity index (χ0v) is 15.6. The normalized spacial score (nSPS) is 10.3. The first kappa shape index (κ1) is 19.3. The molecule has 2 rings (SSSR count). The quantitative estimate of drug-likeness (QED) is 0.800. The molecular formula is C20H25N3O3. The zero-order chi connectivity index (χ0) is 19.1. The molecule has 0 spiro atoms. The summed E-state index contributed by atoms with van der Waals surface area (Å²) in [5.74, 6) is 0.448. The second-order valence-corrected chi connectivity index (χ2v) is 6.34. The lowest BCUT2D eigenvalue weighted by Crippen LogP contribution is -2.23. The Morgan fingerprint density at radius 1 is 1.04 bits per heavy atom. The van der Waals surface area contributed by atoms with Gasteiger partial charge in [-0.25, -0.2) is 0 Å². The number of benzene rings is 2. The maximum absolute atomic E-state index is 12.2. The van der Waals surface area contributed by atoms with E-state index in [0.29, 0.717) is 17.0 Å². The number of amides is 2. The molecule has 0 radical (unpaired) electrons. The fourth-order valence-corrected chi connectivity index (χ4v) is 2.30. The van der Waals surface area contributed by atoms with Crippen molar-refractivity contribution in [1.29, 1.82) is 0 Å². The summed E-state index contributed by atoms with van der Waals surface area (Å²) in [5.41, 5.74) is 1.98. The van der Waals surface area contributed by atoms with Crippen molar-refractivity contribution in [3.05, 3.63) is 54.1 Å². The fraction of sp³-hybridized carbons (Fsp3) is 0.300. The number of carbonyl (C=O) groups is 2. The molecule has 0 unspecified atom stereocenters. The molecule has 2 N–H and O–H groups in total. The molecule has 0 saturated heterocycles. The van der Waals surface area contributed by atoms with Crippen LogP contribution in [0.15, 0.2) is 48.5 Å². The van der Waals surface area contributed by atoms with Crippen LogP contribution in [-0.4, -0.2) is 43.5 Å². The van der Waals surface area contributed by atoms with Gasteiger partial charge in [-0.05, 0) is 50.2 Å². The number of para-hydroxylation sites is 2. The van der Waals surface area contributed by atoms with E-state index in [1.807, 2.05) is 38.1 Å². The maximum atomic E-state index is 12.2. The summed E-state index contributed by atoms with van der Waals surface area (Å²) in [4.78, 5) is 25.5. The molecule has 0 heterocycles. The van der Waals surface area contributed by atoms with Gasteiger partial charge < -0.3 is 20.3 Å². The van der Waals surface area contributed by atoms with Gasteiger partial charge in [-0.2, -0.15) is 0 Å². The van der Waals surface area contributed by atoms with Gasteiger partial charge in [-0.1, -0.05) is 12.1 Å². The van der Waals surface area contributed by atoms with Crippen molar-refractivity contribution in [2.24, 2.45) is 0 Å². The predicted molar refractivity (Wildman–Crippen MR) is 104 cm³/mol. The van der Waals surface area contributed by atoms with Crippen molar-refractivity contribution in [3.8, 4) is 5.75 Å². The summed E-state index contributed by atoms with van der Waals surface area (Å²) in [7, 11) is 3.40. The van der Waals surface area contributed by atoms with Crippen molar-refractivity contribution in [2.45, 2.75) is 20.0 Å². The Morgan fingerprint density at radius 3 is 2.31 bits per heavy atom. The molecule has 26 heavy (non-hydrogen) atoms. The third-order valence-electron chi connectivity index (χ3n) is 3.51. The van der Waals surface area contributed by atoms with E-state index in [9.17, 15) is 9.59 Å². The van der Waals surface area contributed by atoms with Crippen LogP contribution in [0.25, 0.3) is 0 Å². The molecule has 0 fully saturated rings. The smallest absolute Gasteiger partial charge is 0.253 e. The number of rotatable bonds is 7. The lowest BCUT2D eigenvalue weighted by molar-refractivity contribution is -0.114. The second-order valence-electron chi connectivity index (χ2n) is 6.34. The molecule has 6 nitrogen and oxygen atoms in total. The van der Waals surface area contributed by atoms with Gasteiger partial charge in [0.1, 0.15) is 5.75 Å². The topological polar surface area (TPSA) is 70.7 Å². The molecule has 0 aliphatic heterocycles. The Morgan fingerprint density at radius 2 is 1.69 bits per heavy atom. The van der Waals surface area contributed by atoms with Crippen molar-refractivity contribution < 1.29 is 14.3 Å². The van der Waals surface area contributed by atoms with Crippen LogP contribution < -0.4 is 15.4 Å². The molecule has 2 amide bonds. The van der Waals surface area contributed by atoms with Crippen LogP contribution in [0.4, 0.5) is 11.4 Å². The van der Waals surface area contributed by atoms with Crippen LogP contribution in [0.1, 0.15) is 24.2 Å². The fourth-order valence-electron chi connectivity index (χ4n) is 2.30. The average molecular weight is 355 g/mol. The molecular weight excluding hydrogens is 330 g/mol. The van der Waals surface area contributed by atoms with Crippen LogP contribution in [0.5, 0.6) is 5.75 Å². The van der Waals surface area contributed by atoms with Crippen molar-refractivity contribution >= 4 is 23.2 Å². The summed E-state index contributed by atoms with van der Waals surface area (Å²) >= 11 is 0. The third kappa shape index (κ3) is 5.51. The maximum Gasteiger partial charge on any atom is 0.253 e. The van der Waals surface area contributed by atoms with E-state index in [4.69, 9.17) is 4.74 Å². The van der Waals surface area contributed by atoms with Gasteiger partial charge >= 0.3 is 0 Å². The highest BCUT2D eigenvalue weighted by molar-refractivity contribution is 5.96. The Kier molecular flexibility index (Phi) is 6.60. The van der Waals surface area contributed by atoms with E-state index in [1.54, 1.807) is 38.4 Å². The lowest BCUT2D eigenvalue weighted by atomic mass is 10.2. The van der Waals surface area contributed by atoms with Gasteiger partial charge in [-0.3, -0.25) is 9.59 Å². The molecule has 0 aliphatic rings. The van der Waals surface area contributed by atoms with E-state index in [-0.39, 0.29) is 24.5 Å². The first-order valence-electron chi connectivity index (χ1n) is 8.48. The van der Waals surface area contributed by atoms with Gasteiger partial charge in [0, 0.05) is 25.3 Å². The van der Waals surface area contributed by atoms with Crippen molar-refractivity contribution in [1.82, 2.24) is 4.90 Å². The molecule has 0 aromatic heterocycles. The van der Waals surface area contributed by atoms with Gasteiger partial charge in [0.15, 0.2) is 0 Å². The molecule has 0 bridgehead atoms. The number of hydrogen-bond acceptors (Lipinski definition) is 4. The Bertz CT molecular complexity index is 755. The highest BCUT2D eigenvalue weighted by Crippen LogP contribution is 2.24. The molecule has 2 aromatic carbocycles. The van der Waals surface area contributed by atoms with Gasteiger partial charge in [0.05, 0.1) is 18.3 Å². The molecule has 0 aliphatic carbocycles. The number of hydrogen-bond donors (Lipinski definition) is 2. The number of carbonyl (C=O) groups excluding carboxylic acids is 2. The summed E-state index contributed by atoms with van der Waals surface area (Å²) in [6.07, 6.45) is 0.0511. The van der Waals surface area contributed by atoms with E-state index in [2.05, 4.69) is 10.6 Å². The van der Waals surface area contributed by atoms with E-state index in [0.717, 1.165) is 5.69 Å². The van der Waals surface area contributed by atoms with Gasteiger partial charge in [-0.15, -0.1) is 0 Å². The third-order valence-corrected chi connectivity index (χ3v) is 3.51. The molecule has 0 saturated carbocycles. The molecule has 0 atom stereocenters. The van der Waals surface area contributed by atoms with Crippen molar-refractivity contribution in [3.63, 3.8) is 0 Å². The number of nitrogens with one attached hydrogen (secondary N) is 2. The molecule has 6 heteroatoms. The van der Waals surface area contributed by atoms with Gasteiger partial charge in [0.25, 0.3) is 5.91 Å². The highest BCUT2D eigenvalue weighted by Gasteiger charge is 2.09. The number of nitrogens with zero attached hydrogens (tertiary/aromatic N) is 1. The molecule has 138 valence electrons. The summed E-state index contributed by atoms with van der Waals surface area (Å²) in [5, 5.41) is 5.89. The van der Waals surface area contributed by atoms with Crippen LogP contribution in [0.3, 0.4) is 0 Å². The van der Waals surface area contributed by atoms with E-state index in [1.165, 1.54) is 4.90 Å². The Hall–Kier alpha value is -3.02. The second kappa shape index (κ2) is 8.89. The SMILES string of the molecule is CC(C)Oc1ccccc1NCC(=O)Nc1ccc(C(=O)N(C)C)cc1. The van der Waals surface area contributed by atoms with Crippen LogP contribution in [0.2, 0.25) is 0 Å².